The molecular weight excluding hydrogens is 406 g/mol. The third kappa shape index (κ3) is 4.11. The summed E-state index contributed by atoms with van der Waals surface area (Å²) in [4.78, 5) is 16.4. The largest absolute Gasteiger partial charge is 0.302 e. The number of carbonyl (C=O) groups excluding carboxylic acids is 1. The van der Waals surface area contributed by atoms with Gasteiger partial charge in [0.2, 0.25) is 0 Å². The fourth-order valence-electron chi connectivity index (χ4n) is 2.61. The first-order valence-electron chi connectivity index (χ1n) is 7.74. The molecule has 2 nitrogen and oxygen atoms in total. The van der Waals surface area contributed by atoms with Crippen LogP contribution >= 0.6 is 31.9 Å². The van der Waals surface area contributed by atoms with Crippen LogP contribution in [0.5, 0.6) is 0 Å². The smallest absolute Gasteiger partial charge is 0.255 e. The third-order valence-electron chi connectivity index (χ3n) is 3.85. The standard InChI is InChI=1S/C18H21Br2NO/c1-2-3-4-8-11-15-17(20)16(12-19)21(18(15)22)13-14-9-6-5-7-10-14/h5-7,9-10,12H,2-4,8,11,13H2,1H3/b16-12-. The van der Waals surface area contributed by atoms with Gasteiger partial charge in [-0.15, -0.1) is 0 Å². The van der Waals surface area contributed by atoms with Gasteiger partial charge in [-0.1, -0.05) is 72.4 Å². The molecule has 0 N–H and O–H groups in total. The maximum absolute atomic E-state index is 12.7. The Labute approximate surface area is 149 Å². The Balaban J connectivity index is 2.09. The van der Waals surface area contributed by atoms with E-state index in [4.69, 9.17) is 0 Å². The van der Waals surface area contributed by atoms with Crippen molar-refractivity contribution in [2.75, 3.05) is 0 Å². The Morgan fingerprint density at radius 1 is 1.14 bits per heavy atom. The average Bonchev–Trinajstić information content (AvgIpc) is 2.76. The van der Waals surface area contributed by atoms with Crippen LogP contribution in [0.3, 0.4) is 0 Å². The van der Waals surface area contributed by atoms with Gasteiger partial charge in [0, 0.05) is 10.6 Å². The second kappa shape index (κ2) is 8.68. The van der Waals surface area contributed by atoms with E-state index in [-0.39, 0.29) is 5.91 Å². The summed E-state index contributed by atoms with van der Waals surface area (Å²) in [6.07, 6.45) is 5.53. The van der Waals surface area contributed by atoms with Gasteiger partial charge in [0.05, 0.1) is 16.7 Å². The Kier molecular flexibility index (Phi) is 6.90. The van der Waals surface area contributed by atoms with Gasteiger partial charge in [-0.25, -0.2) is 0 Å². The topological polar surface area (TPSA) is 20.3 Å². The molecule has 0 saturated carbocycles. The first-order chi connectivity index (χ1) is 10.7. The SMILES string of the molecule is CCCCCCC1=C(Br)/C(=C/Br)N(Cc2ccccc2)C1=O. The number of halogens is 2. The maximum Gasteiger partial charge on any atom is 0.255 e. The maximum atomic E-state index is 12.7. The van der Waals surface area contributed by atoms with Crippen LogP contribution < -0.4 is 0 Å². The molecule has 0 fully saturated rings. The molecule has 1 aromatic rings. The van der Waals surface area contributed by atoms with Crippen molar-refractivity contribution in [1.29, 1.82) is 0 Å². The molecule has 4 heteroatoms. The van der Waals surface area contributed by atoms with Crippen molar-refractivity contribution in [3.63, 3.8) is 0 Å². The number of carbonyl (C=O) groups is 1. The van der Waals surface area contributed by atoms with E-state index in [9.17, 15) is 4.79 Å². The van der Waals surface area contributed by atoms with E-state index in [1.54, 1.807) is 0 Å². The van der Waals surface area contributed by atoms with Crippen molar-refractivity contribution in [2.24, 2.45) is 0 Å². The molecule has 1 aliphatic rings. The monoisotopic (exact) mass is 425 g/mol. The molecule has 2 rings (SSSR count). The van der Waals surface area contributed by atoms with Crippen LogP contribution in [0.15, 0.2) is 51.1 Å². The lowest BCUT2D eigenvalue weighted by Gasteiger charge is -2.18. The van der Waals surface area contributed by atoms with E-state index in [2.05, 4.69) is 38.8 Å². The zero-order valence-corrected chi connectivity index (χ0v) is 16.0. The highest BCUT2D eigenvalue weighted by atomic mass is 79.9. The van der Waals surface area contributed by atoms with Crippen molar-refractivity contribution >= 4 is 37.8 Å². The van der Waals surface area contributed by atoms with E-state index >= 15 is 0 Å². The second-order valence-electron chi connectivity index (χ2n) is 5.47. The summed E-state index contributed by atoms with van der Waals surface area (Å²) in [6.45, 7) is 2.80. The summed E-state index contributed by atoms with van der Waals surface area (Å²) in [5, 5.41) is 0. The Morgan fingerprint density at radius 2 is 1.86 bits per heavy atom. The number of unbranched alkanes of at least 4 members (excludes halogenated alkanes) is 3. The van der Waals surface area contributed by atoms with Crippen LogP contribution in [0.25, 0.3) is 0 Å². The molecular formula is C18H21Br2NO. The molecule has 0 bridgehead atoms. The van der Waals surface area contributed by atoms with Gasteiger partial charge in [0.15, 0.2) is 0 Å². The zero-order valence-electron chi connectivity index (χ0n) is 12.8. The van der Waals surface area contributed by atoms with E-state index in [1.807, 2.05) is 40.2 Å². The molecule has 0 spiro atoms. The minimum Gasteiger partial charge on any atom is -0.302 e. The van der Waals surface area contributed by atoms with E-state index < -0.39 is 0 Å². The van der Waals surface area contributed by atoms with Crippen LogP contribution in [-0.2, 0) is 11.3 Å². The summed E-state index contributed by atoms with van der Waals surface area (Å²) in [5.74, 6) is 0.123. The zero-order chi connectivity index (χ0) is 15.9. The summed E-state index contributed by atoms with van der Waals surface area (Å²) in [5.41, 5.74) is 2.95. The average molecular weight is 427 g/mol. The van der Waals surface area contributed by atoms with Crippen LogP contribution in [0.1, 0.15) is 44.6 Å². The third-order valence-corrected chi connectivity index (χ3v) is 5.17. The Bertz CT molecular complexity index is 578. The molecule has 22 heavy (non-hydrogen) atoms. The number of benzene rings is 1. The minimum absolute atomic E-state index is 0.123. The predicted octanol–water partition coefficient (Wildman–Crippen LogP) is 5.88. The number of hydrogen-bond donors (Lipinski definition) is 0. The number of amides is 1. The van der Waals surface area contributed by atoms with E-state index in [0.717, 1.165) is 34.2 Å². The highest BCUT2D eigenvalue weighted by molar-refractivity contribution is 9.12. The van der Waals surface area contributed by atoms with Gasteiger partial charge in [-0.3, -0.25) is 4.79 Å². The van der Waals surface area contributed by atoms with Crippen molar-refractivity contribution in [1.82, 2.24) is 4.90 Å². The van der Waals surface area contributed by atoms with Gasteiger partial charge in [0.1, 0.15) is 0 Å². The molecule has 0 aliphatic carbocycles. The second-order valence-corrected chi connectivity index (χ2v) is 6.73. The number of nitrogens with zero attached hydrogens (tertiary/aromatic N) is 1. The van der Waals surface area contributed by atoms with E-state index in [1.165, 1.54) is 19.3 Å². The van der Waals surface area contributed by atoms with Crippen molar-refractivity contribution in [3.05, 3.63) is 56.6 Å². The first kappa shape index (κ1) is 17.5. The van der Waals surface area contributed by atoms with Crippen LogP contribution in [0.2, 0.25) is 0 Å². The molecule has 0 radical (unpaired) electrons. The first-order valence-corrected chi connectivity index (χ1v) is 9.45. The molecule has 1 heterocycles. The lowest BCUT2D eigenvalue weighted by atomic mass is 10.1. The highest BCUT2D eigenvalue weighted by Gasteiger charge is 2.32. The summed E-state index contributed by atoms with van der Waals surface area (Å²) in [6, 6.07) is 10.1. The van der Waals surface area contributed by atoms with Crippen molar-refractivity contribution in [3.8, 4) is 0 Å². The number of allylic oxidation sites excluding steroid dienone is 1. The molecule has 1 amide bonds. The highest BCUT2D eigenvalue weighted by Crippen LogP contribution is 2.37. The Hall–Kier alpha value is -0.870. The van der Waals surface area contributed by atoms with Gasteiger partial charge >= 0.3 is 0 Å². The summed E-state index contributed by atoms with van der Waals surface area (Å²) >= 11 is 7.01. The molecule has 0 unspecified atom stereocenters. The summed E-state index contributed by atoms with van der Waals surface area (Å²) < 4.78 is 0.932. The van der Waals surface area contributed by atoms with Gasteiger partial charge in [-0.05, 0) is 34.3 Å². The fourth-order valence-corrected chi connectivity index (χ4v) is 4.09. The van der Waals surface area contributed by atoms with E-state index in [0.29, 0.717) is 6.54 Å². The minimum atomic E-state index is 0.123. The van der Waals surface area contributed by atoms with Gasteiger partial charge in [0.25, 0.3) is 5.91 Å². The molecule has 0 atom stereocenters. The number of rotatable bonds is 7. The van der Waals surface area contributed by atoms with Crippen molar-refractivity contribution in [2.45, 2.75) is 45.6 Å². The Morgan fingerprint density at radius 3 is 2.50 bits per heavy atom. The molecule has 0 saturated heterocycles. The normalized spacial score (nSPS) is 17.0. The summed E-state index contributed by atoms with van der Waals surface area (Å²) in [7, 11) is 0. The van der Waals surface area contributed by atoms with Gasteiger partial charge < -0.3 is 4.90 Å². The predicted molar refractivity (Wildman–Crippen MR) is 98.7 cm³/mol. The number of hydrogen-bond acceptors (Lipinski definition) is 1. The molecule has 1 aromatic carbocycles. The molecule has 118 valence electrons. The lowest BCUT2D eigenvalue weighted by molar-refractivity contribution is -0.124. The van der Waals surface area contributed by atoms with Crippen LogP contribution in [-0.4, -0.2) is 10.8 Å². The van der Waals surface area contributed by atoms with Crippen LogP contribution in [0, 0.1) is 0 Å². The molecule has 1 aliphatic heterocycles. The lowest BCUT2D eigenvalue weighted by Crippen LogP contribution is -2.25. The molecule has 0 aromatic heterocycles. The quantitative estimate of drug-likeness (QED) is 0.498. The fraction of sp³-hybridized carbons (Fsp3) is 0.389. The van der Waals surface area contributed by atoms with Crippen molar-refractivity contribution < 1.29 is 4.79 Å². The van der Waals surface area contributed by atoms with Crippen LogP contribution in [0.4, 0.5) is 0 Å². The van der Waals surface area contributed by atoms with Gasteiger partial charge in [-0.2, -0.15) is 0 Å².